The summed E-state index contributed by atoms with van der Waals surface area (Å²) in [6.07, 6.45) is 7.15. The number of allylic oxidation sites excluding steroid dienone is 2. The summed E-state index contributed by atoms with van der Waals surface area (Å²) in [6.45, 7) is 0.349. The molecule has 1 aromatic carbocycles. The van der Waals surface area contributed by atoms with Crippen LogP contribution in [0, 0.1) is 17.2 Å². The van der Waals surface area contributed by atoms with Gasteiger partial charge in [0, 0.05) is 12.6 Å². The molecule has 1 aliphatic carbocycles. The number of benzene rings is 1. The van der Waals surface area contributed by atoms with E-state index in [0.29, 0.717) is 12.5 Å². The molecule has 0 radical (unpaired) electrons. The van der Waals surface area contributed by atoms with Crippen molar-refractivity contribution in [2.24, 2.45) is 16.6 Å². The maximum absolute atomic E-state index is 8.52. The van der Waals surface area contributed by atoms with Crippen molar-refractivity contribution in [2.45, 2.75) is 18.9 Å². The fraction of sp³-hybridized carbons (Fsp3) is 0.294. The van der Waals surface area contributed by atoms with Crippen LogP contribution >= 0.6 is 0 Å². The highest BCUT2D eigenvalue weighted by Gasteiger charge is 2.27. The van der Waals surface area contributed by atoms with Gasteiger partial charge in [0.15, 0.2) is 0 Å². The second kappa shape index (κ2) is 6.46. The van der Waals surface area contributed by atoms with Gasteiger partial charge in [-0.2, -0.15) is 5.26 Å². The Kier molecular flexibility index (Phi) is 4.22. The minimum atomic E-state index is 0.264. The van der Waals surface area contributed by atoms with Gasteiger partial charge in [-0.15, -0.1) is 0 Å². The number of aliphatic imine (C=N–C) groups is 1. The van der Waals surface area contributed by atoms with Crippen LogP contribution in [0.4, 0.5) is 0 Å². The van der Waals surface area contributed by atoms with Crippen molar-refractivity contribution in [1.82, 2.24) is 9.97 Å². The van der Waals surface area contributed by atoms with Crippen LogP contribution in [-0.2, 0) is 0 Å². The zero-order valence-corrected chi connectivity index (χ0v) is 12.2. The molecule has 2 N–H and O–H groups in total. The van der Waals surface area contributed by atoms with E-state index in [1.54, 1.807) is 12.3 Å². The Morgan fingerprint density at radius 1 is 1.36 bits per heavy atom. The molecule has 0 atom stereocenters. The molecule has 0 amide bonds. The van der Waals surface area contributed by atoms with E-state index >= 15 is 0 Å². The van der Waals surface area contributed by atoms with Crippen LogP contribution < -0.4 is 5.73 Å². The zero-order chi connectivity index (χ0) is 15.4. The summed E-state index contributed by atoms with van der Waals surface area (Å²) in [5.74, 6) is 0.454. The number of rotatable bonds is 4. The topological polar surface area (TPSA) is 88.0 Å². The first-order chi connectivity index (χ1) is 10.8. The van der Waals surface area contributed by atoms with E-state index in [9.17, 15) is 0 Å². The first-order valence-electron chi connectivity index (χ1n) is 7.35. The molecule has 22 heavy (non-hydrogen) atoms. The fourth-order valence-electron chi connectivity index (χ4n) is 2.61. The average molecular weight is 291 g/mol. The molecule has 1 aliphatic rings. The highest BCUT2D eigenvalue weighted by atomic mass is 14.9. The van der Waals surface area contributed by atoms with Crippen LogP contribution in [0.5, 0.6) is 0 Å². The maximum atomic E-state index is 8.52. The van der Waals surface area contributed by atoms with Gasteiger partial charge in [-0.3, -0.25) is 9.98 Å². The smallest absolute Gasteiger partial charge is 0.104 e. The number of nitrogens with zero attached hydrogens (tertiary/aromatic N) is 4. The van der Waals surface area contributed by atoms with E-state index in [2.05, 4.69) is 9.97 Å². The van der Waals surface area contributed by atoms with Gasteiger partial charge in [0.25, 0.3) is 0 Å². The van der Waals surface area contributed by atoms with E-state index in [4.69, 9.17) is 16.0 Å². The Morgan fingerprint density at radius 2 is 2.14 bits per heavy atom. The fourth-order valence-corrected chi connectivity index (χ4v) is 2.61. The van der Waals surface area contributed by atoms with Crippen LogP contribution in [0.3, 0.4) is 0 Å². The lowest BCUT2D eigenvalue weighted by Crippen LogP contribution is -2.29. The van der Waals surface area contributed by atoms with Gasteiger partial charge in [0.05, 0.1) is 35.1 Å². The third-order valence-corrected chi connectivity index (χ3v) is 3.87. The van der Waals surface area contributed by atoms with Crippen LogP contribution in [0.2, 0.25) is 0 Å². The summed E-state index contributed by atoms with van der Waals surface area (Å²) in [7, 11) is 0. The summed E-state index contributed by atoms with van der Waals surface area (Å²) in [5, 5.41) is 8.52. The van der Waals surface area contributed by atoms with Crippen molar-refractivity contribution in [1.29, 1.82) is 5.26 Å². The Balaban J connectivity index is 1.77. The molecular formula is C17H17N5. The first-order valence-corrected chi connectivity index (χ1v) is 7.35. The van der Waals surface area contributed by atoms with Gasteiger partial charge in [-0.25, -0.2) is 4.98 Å². The van der Waals surface area contributed by atoms with Gasteiger partial charge in [0.1, 0.15) is 5.69 Å². The molecule has 0 saturated heterocycles. The van der Waals surface area contributed by atoms with Crippen molar-refractivity contribution in [3.05, 3.63) is 48.3 Å². The number of nitriles is 1. The van der Waals surface area contributed by atoms with E-state index in [0.717, 1.165) is 35.3 Å². The lowest BCUT2D eigenvalue weighted by molar-refractivity contribution is 0.326. The number of nitrogens with two attached hydrogens (primary N) is 1. The van der Waals surface area contributed by atoms with Crippen molar-refractivity contribution in [3.8, 4) is 6.07 Å². The molecule has 0 unspecified atom stereocenters. The Hall–Kier alpha value is -2.58. The number of hydrogen-bond donors (Lipinski definition) is 1. The van der Waals surface area contributed by atoms with Gasteiger partial charge < -0.3 is 5.73 Å². The van der Waals surface area contributed by atoms with Crippen LogP contribution in [0.25, 0.3) is 11.0 Å². The van der Waals surface area contributed by atoms with Crippen molar-refractivity contribution < 1.29 is 0 Å². The van der Waals surface area contributed by atoms with Crippen molar-refractivity contribution >= 4 is 16.7 Å². The average Bonchev–Trinajstić information content (AvgIpc) is 2.53. The lowest BCUT2D eigenvalue weighted by atomic mass is 9.80. The van der Waals surface area contributed by atoms with Crippen LogP contribution in [0.15, 0.2) is 47.6 Å². The summed E-state index contributed by atoms with van der Waals surface area (Å²) in [4.78, 5) is 13.7. The van der Waals surface area contributed by atoms with E-state index in [1.165, 1.54) is 0 Å². The highest BCUT2D eigenvalue weighted by Crippen LogP contribution is 2.31. The van der Waals surface area contributed by atoms with E-state index in [1.807, 2.05) is 36.4 Å². The Morgan fingerprint density at radius 3 is 2.86 bits per heavy atom. The second-order valence-corrected chi connectivity index (χ2v) is 5.40. The molecule has 5 heteroatoms. The molecule has 1 fully saturated rings. The minimum Gasteiger partial charge on any atom is -0.325 e. The normalized spacial score (nSPS) is 21.7. The Bertz CT molecular complexity index is 766. The van der Waals surface area contributed by atoms with Gasteiger partial charge in [0.2, 0.25) is 0 Å². The Labute approximate surface area is 129 Å². The molecule has 110 valence electrons. The molecular weight excluding hydrogens is 274 g/mol. The molecule has 2 aromatic rings. The van der Waals surface area contributed by atoms with E-state index < -0.39 is 0 Å². The highest BCUT2D eigenvalue weighted by molar-refractivity contribution is 6.01. The third kappa shape index (κ3) is 3.02. The maximum Gasteiger partial charge on any atom is 0.104 e. The molecule has 5 nitrogen and oxygen atoms in total. The molecule has 1 saturated carbocycles. The van der Waals surface area contributed by atoms with Crippen LogP contribution in [-0.4, -0.2) is 28.3 Å². The summed E-state index contributed by atoms with van der Waals surface area (Å²) < 4.78 is 0. The molecule has 0 spiro atoms. The number of fused-ring (bicyclic) bond motifs is 1. The standard InChI is InChI=1S/C17H17N5/c18-7-3-4-12-8-13(9-12)21-16(10-19)17-11-20-14-5-1-2-6-15(14)22-17/h1-6,11-13H,8-10,19H2/b4-3+,21-16?. The number of hydrogen-bond acceptors (Lipinski definition) is 5. The van der Waals surface area contributed by atoms with Gasteiger partial charge in [-0.1, -0.05) is 18.2 Å². The molecule has 0 aliphatic heterocycles. The number of aromatic nitrogens is 2. The monoisotopic (exact) mass is 291 g/mol. The summed E-state index contributed by atoms with van der Waals surface area (Å²) in [5.41, 5.74) is 9.10. The molecule has 0 bridgehead atoms. The molecule has 1 heterocycles. The molecule has 3 rings (SSSR count). The lowest BCUT2D eigenvalue weighted by Gasteiger charge is -2.30. The molecule has 1 aromatic heterocycles. The van der Waals surface area contributed by atoms with Crippen molar-refractivity contribution in [3.63, 3.8) is 0 Å². The van der Waals surface area contributed by atoms with Crippen LogP contribution in [0.1, 0.15) is 18.5 Å². The SMILES string of the molecule is N#C/C=C/C1CC(N=C(CN)c2cnc3ccccc3n2)C1. The van der Waals surface area contributed by atoms with E-state index in [-0.39, 0.29) is 6.04 Å². The number of para-hydroxylation sites is 2. The quantitative estimate of drug-likeness (QED) is 0.691. The van der Waals surface area contributed by atoms with Crippen molar-refractivity contribution in [2.75, 3.05) is 6.54 Å². The predicted octanol–water partition coefficient (Wildman–Crippen LogP) is 2.24. The summed E-state index contributed by atoms with van der Waals surface area (Å²) >= 11 is 0. The first kappa shape index (κ1) is 14.4. The minimum absolute atomic E-state index is 0.264. The zero-order valence-electron chi connectivity index (χ0n) is 12.2. The largest absolute Gasteiger partial charge is 0.325 e. The second-order valence-electron chi connectivity index (χ2n) is 5.40. The van der Waals surface area contributed by atoms with Gasteiger partial charge in [-0.05, 0) is 30.9 Å². The summed E-state index contributed by atoms with van der Waals surface area (Å²) in [6, 6.07) is 10.0. The predicted molar refractivity (Wildman–Crippen MR) is 86.4 cm³/mol. The third-order valence-electron chi connectivity index (χ3n) is 3.87. The van der Waals surface area contributed by atoms with Gasteiger partial charge >= 0.3 is 0 Å².